The van der Waals surface area contributed by atoms with Crippen molar-refractivity contribution in [1.29, 1.82) is 0 Å². The lowest BCUT2D eigenvalue weighted by atomic mass is 10.2. The highest BCUT2D eigenvalue weighted by atomic mass is 35.5. The van der Waals surface area contributed by atoms with Crippen LogP contribution in [0.4, 0.5) is 5.69 Å². The van der Waals surface area contributed by atoms with Crippen molar-refractivity contribution >= 4 is 39.7 Å². The summed E-state index contributed by atoms with van der Waals surface area (Å²) in [4.78, 5) is 4.43. The molecule has 0 aliphatic carbocycles. The SMILES string of the molecule is Nc1cnccc1S(=O)Cc1ccc(Cl)cc1Cl. The highest BCUT2D eigenvalue weighted by Gasteiger charge is 2.11. The molecule has 0 aliphatic rings. The van der Waals surface area contributed by atoms with Crippen molar-refractivity contribution in [3.05, 3.63) is 52.3 Å². The van der Waals surface area contributed by atoms with Gasteiger partial charge in [0.1, 0.15) is 0 Å². The average molecular weight is 301 g/mol. The van der Waals surface area contributed by atoms with Gasteiger partial charge in [-0.3, -0.25) is 9.19 Å². The molecule has 0 radical (unpaired) electrons. The molecule has 6 heteroatoms. The van der Waals surface area contributed by atoms with Crippen molar-refractivity contribution in [2.45, 2.75) is 10.6 Å². The number of hydrogen-bond acceptors (Lipinski definition) is 3. The quantitative estimate of drug-likeness (QED) is 0.946. The molecule has 18 heavy (non-hydrogen) atoms. The lowest BCUT2D eigenvalue weighted by molar-refractivity contribution is 0.683. The monoisotopic (exact) mass is 300 g/mol. The number of halogens is 2. The predicted molar refractivity (Wildman–Crippen MR) is 75.2 cm³/mol. The maximum absolute atomic E-state index is 12.2. The lowest BCUT2D eigenvalue weighted by Gasteiger charge is -2.07. The molecule has 0 fully saturated rings. The Kier molecular flexibility index (Phi) is 4.22. The van der Waals surface area contributed by atoms with Crippen LogP contribution in [0.2, 0.25) is 10.0 Å². The minimum Gasteiger partial charge on any atom is -0.396 e. The van der Waals surface area contributed by atoms with E-state index in [-0.39, 0.29) is 0 Å². The van der Waals surface area contributed by atoms with Crippen LogP contribution >= 0.6 is 23.2 Å². The van der Waals surface area contributed by atoms with Gasteiger partial charge in [-0.05, 0) is 23.8 Å². The van der Waals surface area contributed by atoms with E-state index in [1.165, 1.54) is 6.20 Å². The first-order chi connectivity index (χ1) is 8.58. The van der Waals surface area contributed by atoms with Gasteiger partial charge in [-0.2, -0.15) is 0 Å². The lowest BCUT2D eigenvalue weighted by Crippen LogP contribution is -2.01. The van der Waals surface area contributed by atoms with Crippen LogP contribution in [0.1, 0.15) is 5.56 Å². The third-order valence-electron chi connectivity index (χ3n) is 2.36. The summed E-state index contributed by atoms with van der Waals surface area (Å²) in [5, 5.41) is 1.06. The van der Waals surface area contributed by atoms with Crippen molar-refractivity contribution in [3.63, 3.8) is 0 Å². The highest BCUT2D eigenvalue weighted by Crippen LogP contribution is 2.24. The molecule has 1 aromatic carbocycles. The zero-order valence-corrected chi connectivity index (χ0v) is 11.6. The second kappa shape index (κ2) is 5.69. The van der Waals surface area contributed by atoms with Crippen LogP contribution in [0.15, 0.2) is 41.6 Å². The van der Waals surface area contributed by atoms with Crippen LogP contribution in [-0.4, -0.2) is 9.19 Å². The normalized spacial score (nSPS) is 12.3. The van der Waals surface area contributed by atoms with E-state index in [0.29, 0.717) is 26.4 Å². The molecule has 2 aromatic rings. The minimum absolute atomic E-state index is 0.296. The first kappa shape index (κ1) is 13.3. The van der Waals surface area contributed by atoms with E-state index in [2.05, 4.69) is 4.98 Å². The Hall–Kier alpha value is -1.10. The Morgan fingerprint density at radius 1 is 1.28 bits per heavy atom. The Bertz CT molecular complexity index is 604. The molecule has 1 heterocycles. The van der Waals surface area contributed by atoms with Crippen molar-refractivity contribution in [2.75, 3.05) is 5.73 Å². The molecule has 94 valence electrons. The number of anilines is 1. The van der Waals surface area contributed by atoms with E-state index in [1.54, 1.807) is 30.5 Å². The fraction of sp³-hybridized carbons (Fsp3) is 0.0833. The van der Waals surface area contributed by atoms with Gasteiger partial charge < -0.3 is 5.73 Å². The van der Waals surface area contributed by atoms with Gasteiger partial charge in [0.05, 0.1) is 33.3 Å². The zero-order valence-electron chi connectivity index (χ0n) is 9.27. The number of aromatic nitrogens is 1. The van der Waals surface area contributed by atoms with E-state index in [0.717, 1.165) is 5.56 Å². The van der Waals surface area contributed by atoms with E-state index in [4.69, 9.17) is 28.9 Å². The van der Waals surface area contributed by atoms with Gasteiger partial charge in [-0.15, -0.1) is 0 Å². The Morgan fingerprint density at radius 3 is 2.72 bits per heavy atom. The van der Waals surface area contributed by atoms with Crippen molar-refractivity contribution < 1.29 is 4.21 Å². The zero-order chi connectivity index (χ0) is 13.1. The fourth-order valence-corrected chi connectivity index (χ4v) is 3.23. The number of hydrogen-bond donors (Lipinski definition) is 1. The maximum Gasteiger partial charge on any atom is 0.0664 e. The van der Waals surface area contributed by atoms with E-state index >= 15 is 0 Å². The Balaban J connectivity index is 2.24. The summed E-state index contributed by atoms with van der Waals surface area (Å²) in [6.45, 7) is 0. The number of nitrogen functional groups attached to an aromatic ring is 1. The standard InChI is InChI=1S/C12H10Cl2N2OS/c13-9-2-1-8(10(14)5-9)7-18(17)12-3-4-16-6-11(12)15/h1-6H,7,15H2. The van der Waals surface area contributed by atoms with E-state index in [9.17, 15) is 4.21 Å². The van der Waals surface area contributed by atoms with Crippen molar-refractivity contribution in [2.24, 2.45) is 0 Å². The summed E-state index contributed by atoms with van der Waals surface area (Å²) < 4.78 is 12.2. The smallest absolute Gasteiger partial charge is 0.0664 e. The first-order valence-electron chi connectivity index (χ1n) is 5.09. The number of rotatable bonds is 3. The molecule has 1 unspecified atom stereocenters. The molecular weight excluding hydrogens is 291 g/mol. The molecule has 0 aliphatic heterocycles. The summed E-state index contributed by atoms with van der Waals surface area (Å²) in [6.07, 6.45) is 3.05. The molecule has 2 rings (SSSR count). The number of benzene rings is 1. The molecule has 1 atom stereocenters. The molecule has 3 nitrogen and oxygen atoms in total. The van der Waals surface area contributed by atoms with Crippen LogP contribution in [0.3, 0.4) is 0 Å². The van der Waals surface area contributed by atoms with Gasteiger partial charge in [0.25, 0.3) is 0 Å². The van der Waals surface area contributed by atoms with Gasteiger partial charge in [0.15, 0.2) is 0 Å². The summed E-state index contributed by atoms with van der Waals surface area (Å²) >= 11 is 11.8. The van der Waals surface area contributed by atoms with Crippen LogP contribution < -0.4 is 5.73 Å². The van der Waals surface area contributed by atoms with Crippen molar-refractivity contribution in [1.82, 2.24) is 4.98 Å². The second-order valence-electron chi connectivity index (χ2n) is 3.64. The van der Waals surface area contributed by atoms with E-state index < -0.39 is 10.8 Å². The fourth-order valence-electron chi connectivity index (χ4n) is 1.46. The minimum atomic E-state index is -1.26. The summed E-state index contributed by atoms with van der Waals surface area (Å²) in [7, 11) is -1.26. The number of nitrogens with two attached hydrogens (primary N) is 1. The van der Waals surface area contributed by atoms with Crippen LogP contribution in [0, 0.1) is 0 Å². The van der Waals surface area contributed by atoms with Crippen LogP contribution in [0.5, 0.6) is 0 Å². The molecule has 0 saturated heterocycles. The van der Waals surface area contributed by atoms with Crippen molar-refractivity contribution in [3.8, 4) is 0 Å². The molecule has 0 spiro atoms. The summed E-state index contributed by atoms with van der Waals surface area (Å²) in [5.74, 6) is 0.296. The Labute approximate surface area is 117 Å². The largest absolute Gasteiger partial charge is 0.396 e. The van der Waals surface area contributed by atoms with E-state index in [1.807, 2.05) is 0 Å². The molecule has 0 bridgehead atoms. The van der Waals surface area contributed by atoms with Gasteiger partial charge in [0, 0.05) is 16.2 Å². The van der Waals surface area contributed by atoms with Gasteiger partial charge >= 0.3 is 0 Å². The van der Waals surface area contributed by atoms with Crippen LogP contribution in [0.25, 0.3) is 0 Å². The Morgan fingerprint density at radius 2 is 2.06 bits per heavy atom. The third kappa shape index (κ3) is 3.02. The highest BCUT2D eigenvalue weighted by molar-refractivity contribution is 7.84. The van der Waals surface area contributed by atoms with Gasteiger partial charge in [0.2, 0.25) is 0 Å². The molecular formula is C12H10Cl2N2OS. The number of pyridine rings is 1. The first-order valence-corrected chi connectivity index (χ1v) is 7.17. The maximum atomic E-state index is 12.2. The molecule has 2 N–H and O–H groups in total. The van der Waals surface area contributed by atoms with Gasteiger partial charge in [-0.25, -0.2) is 0 Å². The summed E-state index contributed by atoms with van der Waals surface area (Å²) in [5.41, 5.74) is 6.92. The molecule has 1 aromatic heterocycles. The average Bonchev–Trinajstić information content (AvgIpc) is 2.33. The molecule has 0 amide bonds. The molecule has 0 saturated carbocycles. The summed E-state index contributed by atoms with van der Waals surface area (Å²) in [6, 6.07) is 6.76. The topological polar surface area (TPSA) is 56.0 Å². The van der Waals surface area contributed by atoms with Gasteiger partial charge in [-0.1, -0.05) is 29.3 Å². The third-order valence-corrected chi connectivity index (χ3v) is 4.38. The second-order valence-corrected chi connectivity index (χ2v) is 5.90. The predicted octanol–water partition coefficient (Wildman–Crippen LogP) is 3.28. The van der Waals surface area contributed by atoms with Crippen LogP contribution in [-0.2, 0) is 16.6 Å². The number of nitrogens with zero attached hydrogens (tertiary/aromatic N) is 1.